The Bertz CT molecular complexity index is 1100. The summed E-state index contributed by atoms with van der Waals surface area (Å²) in [5, 5.41) is 14.6. The molecule has 1 fully saturated rings. The first-order valence-corrected chi connectivity index (χ1v) is 11.1. The van der Waals surface area contributed by atoms with E-state index in [1.54, 1.807) is 12.1 Å². The molecule has 0 saturated carbocycles. The second kappa shape index (κ2) is 10.6. The summed E-state index contributed by atoms with van der Waals surface area (Å²) < 4.78 is 1.10. The molecule has 1 aliphatic heterocycles. The molecule has 0 aliphatic carbocycles. The topological polar surface area (TPSA) is 106 Å². The van der Waals surface area contributed by atoms with Crippen molar-refractivity contribution in [3.8, 4) is 11.6 Å². The number of hydrogen-bond acceptors (Lipinski definition) is 6. The third-order valence-electron chi connectivity index (χ3n) is 5.59. The van der Waals surface area contributed by atoms with Gasteiger partial charge in [-0.15, -0.1) is 0 Å². The Morgan fingerprint density at radius 2 is 1.84 bits per heavy atom. The lowest BCUT2D eigenvalue weighted by atomic mass is 10.1. The normalized spacial score (nSPS) is 15.1. The molecule has 0 amide bonds. The number of nitrogens with one attached hydrogen (secondary N) is 2. The number of hydrogen-bond donors (Lipinski definition) is 3. The first kappa shape index (κ1) is 23.7. The zero-order chi connectivity index (χ0) is 23.3. The van der Waals surface area contributed by atoms with E-state index < -0.39 is 17.1 Å². The Kier molecular flexibility index (Phi) is 7.81. The zero-order valence-corrected chi connectivity index (χ0v) is 19.5. The van der Waals surface area contributed by atoms with Gasteiger partial charge in [0.25, 0.3) is 5.56 Å². The van der Waals surface area contributed by atoms with Crippen LogP contribution in [0.1, 0.15) is 24.5 Å². The Labute approximate surface area is 192 Å². The molecule has 9 nitrogen and oxygen atoms in total. The molecule has 0 atom stereocenters. The SMILES string of the molecule is CCC(=NCCN1CCN(C(=S)NC)CC1)c1c(O)n(-c2ccc(C)cc2)c(=O)[nH]c1=O. The van der Waals surface area contributed by atoms with Gasteiger partial charge in [0.05, 0.1) is 17.9 Å². The number of aryl methyl sites for hydroxylation is 1. The largest absolute Gasteiger partial charge is 0.493 e. The van der Waals surface area contributed by atoms with Crippen molar-refractivity contribution < 1.29 is 5.11 Å². The first-order valence-electron chi connectivity index (χ1n) is 10.7. The van der Waals surface area contributed by atoms with Gasteiger partial charge in [-0.3, -0.25) is 19.7 Å². The van der Waals surface area contributed by atoms with Gasteiger partial charge in [-0.1, -0.05) is 24.6 Å². The number of rotatable bonds is 6. The van der Waals surface area contributed by atoms with Gasteiger partial charge in [-0.2, -0.15) is 0 Å². The van der Waals surface area contributed by atoms with Crippen LogP contribution in [0.4, 0.5) is 0 Å². The van der Waals surface area contributed by atoms with Crippen LogP contribution >= 0.6 is 12.2 Å². The van der Waals surface area contributed by atoms with Crippen LogP contribution in [-0.2, 0) is 0 Å². The van der Waals surface area contributed by atoms with Crippen LogP contribution < -0.4 is 16.6 Å². The van der Waals surface area contributed by atoms with Gasteiger partial charge in [-0.05, 0) is 37.7 Å². The fraction of sp³-hybridized carbons (Fsp3) is 0.455. The average molecular weight is 459 g/mol. The lowest BCUT2D eigenvalue weighted by molar-refractivity contribution is 0.186. The molecule has 2 aromatic rings. The number of thiocarbonyl (C=S) groups is 1. The maximum atomic E-state index is 12.5. The van der Waals surface area contributed by atoms with Crippen LogP contribution in [0.15, 0.2) is 38.8 Å². The molecule has 1 saturated heterocycles. The van der Waals surface area contributed by atoms with Crippen molar-refractivity contribution >= 4 is 23.0 Å². The molecule has 0 unspecified atom stereocenters. The molecule has 0 radical (unpaired) electrons. The summed E-state index contributed by atoms with van der Waals surface area (Å²) in [7, 11) is 1.83. The van der Waals surface area contributed by atoms with Crippen molar-refractivity contribution in [1.82, 2.24) is 24.7 Å². The maximum absolute atomic E-state index is 12.5. The standard InChI is InChI=1S/C22H30N6O3S/c1-4-17(24-9-10-26-11-13-27(14-12-26)22(32)23-3)18-19(29)25-21(31)28(20(18)30)16-7-5-15(2)6-8-16/h5-8,30H,4,9-14H2,1-3H3,(H,23,32)(H,25,29,31). The smallest absolute Gasteiger partial charge is 0.335 e. The second-order valence-corrected chi connectivity index (χ2v) is 8.08. The monoisotopic (exact) mass is 458 g/mol. The van der Waals surface area contributed by atoms with Gasteiger partial charge >= 0.3 is 5.69 Å². The Morgan fingerprint density at radius 1 is 1.19 bits per heavy atom. The van der Waals surface area contributed by atoms with E-state index in [1.165, 1.54) is 0 Å². The molecule has 0 bridgehead atoms. The van der Waals surface area contributed by atoms with Gasteiger partial charge in [-0.25, -0.2) is 9.36 Å². The Hall–Kier alpha value is -2.98. The summed E-state index contributed by atoms with van der Waals surface area (Å²) in [5.41, 5.74) is 0.689. The van der Waals surface area contributed by atoms with Crippen molar-refractivity contribution in [2.24, 2.45) is 4.99 Å². The number of aromatic nitrogens is 2. The van der Waals surface area contributed by atoms with Crippen molar-refractivity contribution in [1.29, 1.82) is 0 Å². The molecular formula is C22H30N6O3S. The summed E-state index contributed by atoms with van der Waals surface area (Å²) >= 11 is 5.28. The quantitative estimate of drug-likeness (QED) is 0.436. The molecule has 10 heteroatoms. The fourth-order valence-electron chi connectivity index (χ4n) is 3.75. The second-order valence-electron chi connectivity index (χ2n) is 7.69. The maximum Gasteiger partial charge on any atom is 0.335 e. The summed E-state index contributed by atoms with van der Waals surface area (Å²) in [6.07, 6.45) is 0.451. The number of benzene rings is 1. The Balaban J connectivity index is 1.78. The van der Waals surface area contributed by atoms with Crippen molar-refractivity contribution in [3.63, 3.8) is 0 Å². The van der Waals surface area contributed by atoms with Crippen LogP contribution in [0.5, 0.6) is 5.88 Å². The zero-order valence-electron chi connectivity index (χ0n) is 18.7. The van der Waals surface area contributed by atoms with E-state index in [9.17, 15) is 14.7 Å². The molecule has 172 valence electrons. The summed E-state index contributed by atoms with van der Waals surface area (Å²) in [5.74, 6) is -0.391. The minimum Gasteiger partial charge on any atom is -0.493 e. The molecule has 1 aromatic carbocycles. The summed E-state index contributed by atoms with van der Waals surface area (Å²) in [6.45, 7) is 8.49. The number of aliphatic imine (C=N–C) groups is 1. The minimum atomic E-state index is -0.687. The predicted molar refractivity (Wildman–Crippen MR) is 130 cm³/mol. The van der Waals surface area contributed by atoms with E-state index in [4.69, 9.17) is 12.2 Å². The van der Waals surface area contributed by atoms with Gasteiger partial charge < -0.3 is 15.3 Å². The van der Waals surface area contributed by atoms with E-state index in [0.717, 1.165) is 48.0 Å². The highest BCUT2D eigenvalue weighted by atomic mass is 32.1. The van der Waals surface area contributed by atoms with Crippen LogP contribution in [0.3, 0.4) is 0 Å². The predicted octanol–water partition coefficient (Wildman–Crippen LogP) is 0.861. The lowest BCUT2D eigenvalue weighted by Crippen LogP contribution is -2.51. The third kappa shape index (κ3) is 5.25. The summed E-state index contributed by atoms with van der Waals surface area (Å²) in [4.78, 5) is 36.3. The number of nitrogens with zero attached hydrogens (tertiary/aromatic N) is 4. The molecule has 3 rings (SSSR count). The highest BCUT2D eigenvalue weighted by Crippen LogP contribution is 2.18. The van der Waals surface area contributed by atoms with Gasteiger partial charge in [0.1, 0.15) is 5.56 Å². The van der Waals surface area contributed by atoms with E-state index >= 15 is 0 Å². The van der Waals surface area contributed by atoms with E-state index in [-0.39, 0.29) is 5.56 Å². The molecule has 1 aromatic heterocycles. The van der Waals surface area contributed by atoms with E-state index in [1.807, 2.05) is 33.0 Å². The number of aromatic amines is 1. The molecule has 3 N–H and O–H groups in total. The number of piperazine rings is 1. The molecule has 32 heavy (non-hydrogen) atoms. The first-order chi connectivity index (χ1) is 15.3. The van der Waals surface area contributed by atoms with Crippen LogP contribution in [0.25, 0.3) is 5.69 Å². The summed E-state index contributed by atoms with van der Waals surface area (Å²) in [6, 6.07) is 7.12. The molecular weight excluding hydrogens is 428 g/mol. The fourth-order valence-corrected chi connectivity index (χ4v) is 3.93. The lowest BCUT2D eigenvalue weighted by Gasteiger charge is -2.35. The number of aromatic hydroxyl groups is 1. The van der Waals surface area contributed by atoms with E-state index in [0.29, 0.717) is 24.4 Å². The van der Waals surface area contributed by atoms with Crippen molar-refractivity contribution in [2.75, 3.05) is 46.3 Å². The van der Waals surface area contributed by atoms with Gasteiger partial charge in [0, 0.05) is 39.8 Å². The number of H-pyrrole nitrogens is 1. The minimum absolute atomic E-state index is 0.0388. The third-order valence-corrected chi connectivity index (χ3v) is 6.06. The van der Waals surface area contributed by atoms with Crippen LogP contribution in [0.2, 0.25) is 0 Å². The Morgan fingerprint density at radius 3 is 2.44 bits per heavy atom. The molecule has 0 spiro atoms. The van der Waals surface area contributed by atoms with Crippen LogP contribution in [-0.4, -0.2) is 81.6 Å². The molecule has 1 aliphatic rings. The average Bonchev–Trinajstić information content (AvgIpc) is 2.78. The van der Waals surface area contributed by atoms with Gasteiger partial charge in [0.15, 0.2) is 5.11 Å². The van der Waals surface area contributed by atoms with Crippen LogP contribution in [0, 0.1) is 6.92 Å². The van der Waals surface area contributed by atoms with E-state index in [2.05, 4.69) is 25.1 Å². The highest BCUT2D eigenvalue weighted by molar-refractivity contribution is 7.80. The van der Waals surface area contributed by atoms with Gasteiger partial charge in [0.2, 0.25) is 5.88 Å². The van der Waals surface area contributed by atoms with Crippen molar-refractivity contribution in [3.05, 3.63) is 56.2 Å². The van der Waals surface area contributed by atoms with Crippen molar-refractivity contribution in [2.45, 2.75) is 20.3 Å². The highest BCUT2D eigenvalue weighted by Gasteiger charge is 2.20. The molecule has 2 heterocycles.